The van der Waals surface area contributed by atoms with E-state index in [1.165, 1.54) is 9.35 Å². The molecule has 0 radical (unpaired) electrons. The summed E-state index contributed by atoms with van der Waals surface area (Å²) in [4.78, 5) is 3.74. The van der Waals surface area contributed by atoms with Gasteiger partial charge in [-0.2, -0.15) is 0 Å². The summed E-state index contributed by atoms with van der Waals surface area (Å²) in [5, 5.41) is 5.88. The summed E-state index contributed by atoms with van der Waals surface area (Å²) in [7, 11) is 4.34. The minimum absolute atomic E-state index is 0.128. The van der Waals surface area contributed by atoms with Crippen LogP contribution < -0.4 is 5.32 Å². The average molecular weight is 333 g/mol. The Hall–Kier alpha value is 0.1000. The molecule has 1 heterocycles. The van der Waals surface area contributed by atoms with Crippen LogP contribution in [-0.4, -0.2) is 31.1 Å². The molecule has 0 spiro atoms. The summed E-state index contributed by atoms with van der Waals surface area (Å²) in [6, 6.07) is 2.51. The third kappa shape index (κ3) is 3.35. The molecule has 0 saturated carbocycles. The molecular formula is C14H25BrN2S. The molecule has 0 fully saturated rings. The second-order valence-corrected chi connectivity index (χ2v) is 6.93. The molecule has 0 aliphatic carbocycles. The number of rotatable bonds is 7. The molecule has 0 saturated heterocycles. The number of hydrogen-bond donors (Lipinski definition) is 1. The Kier molecular flexibility index (Phi) is 6.31. The zero-order chi connectivity index (χ0) is 13.8. The van der Waals surface area contributed by atoms with Gasteiger partial charge in [-0.1, -0.05) is 13.8 Å². The van der Waals surface area contributed by atoms with Crippen LogP contribution in [0.4, 0.5) is 0 Å². The van der Waals surface area contributed by atoms with E-state index in [-0.39, 0.29) is 5.54 Å². The van der Waals surface area contributed by atoms with Gasteiger partial charge in [-0.25, -0.2) is 0 Å². The molecule has 1 aromatic heterocycles. The zero-order valence-corrected chi connectivity index (χ0v) is 14.5. The number of hydrogen-bond acceptors (Lipinski definition) is 3. The van der Waals surface area contributed by atoms with Crippen molar-refractivity contribution in [1.29, 1.82) is 0 Å². The predicted molar refractivity (Wildman–Crippen MR) is 85.4 cm³/mol. The summed E-state index contributed by atoms with van der Waals surface area (Å²) in [5.74, 6) is 0. The molecule has 1 rings (SSSR count). The SMILES string of the molecule is CCCNC(c1sccc1Br)C(C)(CC)N(C)C. The molecule has 0 bridgehead atoms. The van der Waals surface area contributed by atoms with Crippen LogP contribution in [0.2, 0.25) is 0 Å². The molecule has 18 heavy (non-hydrogen) atoms. The molecule has 0 aromatic carbocycles. The maximum absolute atomic E-state index is 3.72. The van der Waals surface area contributed by atoms with Crippen molar-refractivity contribution in [2.45, 2.75) is 45.2 Å². The average Bonchev–Trinajstić information content (AvgIpc) is 2.75. The van der Waals surface area contributed by atoms with Crippen molar-refractivity contribution in [1.82, 2.24) is 10.2 Å². The van der Waals surface area contributed by atoms with Crippen molar-refractivity contribution < 1.29 is 0 Å². The van der Waals surface area contributed by atoms with Gasteiger partial charge in [-0.05, 0) is 67.8 Å². The highest BCUT2D eigenvalue weighted by atomic mass is 79.9. The van der Waals surface area contributed by atoms with E-state index in [1.54, 1.807) is 0 Å². The van der Waals surface area contributed by atoms with E-state index in [9.17, 15) is 0 Å². The molecular weight excluding hydrogens is 308 g/mol. The van der Waals surface area contributed by atoms with Gasteiger partial charge in [0.05, 0.1) is 6.04 Å². The highest BCUT2D eigenvalue weighted by molar-refractivity contribution is 9.10. The lowest BCUT2D eigenvalue weighted by atomic mass is 9.86. The maximum Gasteiger partial charge on any atom is 0.0610 e. The second-order valence-electron chi connectivity index (χ2n) is 5.13. The van der Waals surface area contributed by atoms with E-state index in [1.807, 2.05) is 11.3 Å². The minimum Gasteiger partial charge on any atom is -0.308 e. The summed E-state index contributed by atoms with van der Waals surface area (Å²) >= 11 is 5.51. The topological polar surface area (TPSA) is 15.3 Å². The highest BCUT2D eigenvalue weighted by Gasteiger charge is 2.37. The second kappa shape index (κ2) is 7.04. The Morgan fingerprint density at radius 2 is 2.11 bits per heavy atom. The van der Waals surface area contributed by atoms with Gasteiger partial charge in [0.25, 0.3) is 0 Å². The van der Waals surface area contributed by atoms with Crippen molar-refractivity contribution in [3.63, 3.8) is 0 Å². The summed E-state index contributed by atoms with van der Waals surface area (Å²) in [6.07, 6.45) is 2.28. The number of halogens is 1. The van der Waals surface area contributed by atoms with Gasteiger partial charge < -0.3 is 10.2 Å². The van der Waals surface area contributed by atoms with Crippen LogP contribution in [0.25, 0.3) is 0 Å². The lowest BCUT2D eigenvalue weighted by Crippen LogP contribution is -2.51. The molecule has 2 unspecified atom stereocenters. The molecule has 0 aliphatic rings. The quantitative estimate of drug-likeness (QED) is 0.801. The van der Waals surface area contributed by atoms with Crippen LogP contribution in [0.15, 0.2) is 15.9 Å². The van der Waals surface area contributed by atoms with Gasteiger partial charge >= 0.3 is 0 Å². The van der Waals surface area contributed by atoms with Crippen LogP contribution in [0.1, 0.15) is 44.5 Å². The number of nitrogens with one attached hydrogen (secondary N) is 1. The van der Waals surface area contributed by atoms with Gasteiger partial charge in [-0.15, -0.1) is 11.3 Å². The standard InChI is InChI=1S/C14H25BrN2S/c1-6-9-16-13(12-11(15)8-10-18-12)14(3,7-2)17(4)5/h8,10,13,16H,6-7,9H2,1-5H3. The van der Waals surface area contributed by atoms with E-state index in [0.29, 0.717) is 6.04 Å². The molecule has 2 nitrogen and oxygen atoms in total. The fraction of sp³-hybridized carbons (Fsp3) is 0.714. The first kappa shape index (κ1) is 16.2. The summed E-state index contributed by atoms with van der Waals surface area (Å²) in [5.41, 5.74) is 0.128. The van der Waals surface area contributed by atoms with Gasteiger partial charge in [0.2, 0.25) is 0 Å². The molecule has 4 heteroatoms. The zero-order valence-electron chi connectivity index (χ0n) is 12.1. The molecule has 104 valence electrons. The fourth-order valence-corrected chi connectivity index (χ4v) is 3.99. The van der Waals surface area contributed by atoms with E-state index in [4.69, 9.17) is 0 Å². The first-order valence-corrected chi connectivity index (χ1v) is 8.28. The van der Waals surface area contributed by atoms with E-state index in [2.05, 4.69) is 72.5 Å². The van der Waals surface area contributed by atoms with Crippen molar-refractivity contribution in [2.24, 2.45) is 0 Å². The van der Waals surface area contributed by atoms with Crippen molar-refractivity contribution >= 4 is 27.3 Å². The van der Waals surface area contributed by atoms with Gasteiger partial charge in [-0.3, -0.25) is 0 Å². The number of thiophene rings is 1. The molecule has 1 aromatic rings. The van der Waals surface area contributed by atoms with Gasteiger partial charge in [0.15, 0.2) is 0 Å². The fourth-order valence-electron chi connectivity index (χ4n) is 2.17. The Morgan fingerprint density at radius 3 is 2.50 bits per heavy atom. The third-order valence-electron chi connectivity index (χ3n) is 3.86. The Bertz CT molecular complexity index is 364. The van der Waals surface area contributed by atoms with Crippen LogP contribution in [-0.2, 0) is 0 Å². The van der Waals surface area contributed by atoms with Crippen LogP contribution in [0.3, 0.4) is 0 Å². The smallest absolute Gasteiger partial charge is 0.0610 e. The van der Waals surface area contributed by atoms with Crippen LogP contribution >= 0.6 is 27.3 Å². The Labute approximate surface area is 124 Å². The maximum atomic E-state index is 3.72. The van der Waals surface area contributed by atoms with Gasteiger partial charge in [0.1, 0.15) is 0 Å². The normalized spacial score (nSPS) is 16.8. The highest BCUT2D eigenvalue weighted by Crippen LogP contribution is 2.39. The summed E-state index contributed by atoms with van der Waals surface area (Å²) < 4.78 is 1.22. The minimum atomic E-state index is 0.128. The van der Waals surface area contributed by atoms with Gasteiger partial charge in [0, 0.05) is 14.9 Å². The number of nitrogens with zero attached hydrogens (tertiary/aromatic N) is 1. The first-order valence-electron chi connectivity index (χ1n) is 6.61. The lowest BCUT2D eigenvalue weighted by Gasteiger charge is -2.43. The Balaban J connectivity index is 3.08. The first-order chi connectivity index (χ1) is 8.47. The molecule has 2 atom stereocenters. The molecule has 0 amide bonds. The van der Waals surface area contributed by atoms with Crippen molar-refractivity contribution in [3.05, 3.63) is 20.8 Å². The van der Waals surface area contributed by atoms with Crippen LogP contribution in [0.5, 0.6) is 0 Å². The Morgan fingerprint density at radius 1 is 1.44 bits per heavy atom. The molecule has 1 N–H and O–H groups in total. The van der Waals surface area contributed by atoms with Crippen molar-refractivity contribution in [2.75, 3.05) is 20.6 Å². The van der Waals surface area contributed by atoms with Crippen LogP contribution in [0, 0.1) is 0 Å². The third-order valence-corrected chi connectivity index (χ3v) is 5.80. The van der Waals surface area contributed by atoms with E-state index < -0.39 is 0 Å². The van der Waals surface area contributed by atoms with E-state index >= 15 is 0 Å². The summed E-state index contributed by atoms with van der Waals surface area (Å²) in [6.45, 7) is 7.87. The van der Waals surface area contributed by atoms with E-state index in [0.717, 1.165) is 19.4 Å². The largest absolute Gasteiger partial charge is 0.308 e. The van der Waals surface area contributed by atoms with Crippen molar-refractivity contribution in [3.8, 4) is 0 Å². The monoisotopic (exact) mass is 332 g/mol. The number of likely N-dealkylation sites (N-methyl/N-ethyl adjacent to an activating group) is 1. The molecule has 0 aliphatic heterocycles. The predicted octanol–water partition coefficient (Wildman–Crippen LogP) is 4.28. The lowest BCUT2D eigenvalue weighted by molar-refractivity contribution is 0.114.